The van der Waals surface area contributed by atoms with Gasteiger partial charge in [0.25, 0.3) is 8.32 Å². The van der Waals surface area contributed by atoms with E-state index >= 15 is 0 Å². The molecule has 0 bridgehead atoms. The number of carbonyl (C=O) groups excluding carboxylic acids is 1. The third-order valence-corrected chi connectivity index (χ3v) is 8.52. The molecule has 0 aromatic heterocycles. The first-order valence-electron chi connectivity index (χ1n) is 7.24. The Labute approximate surface area is 133 Å². The molecule has 22 heavy (non-hydrogen) atoms. The van der Waals surface area contributed by atoms with Crippen LogP contribution in [0.15, 0.2) is 18.2 Å². The molecule has 0 spiro atoms. The maximum absolute atomic E-state index is 11.6. The average molecular weight is 325 g/mol. The minimum Gasteiger partial charge on any atom is -0.541 e. The largest absolute Gasteiger partial charge is 0.541 e. The Hall–Kier alpha value is -1.53. The van der Waals surface area contributed by atoms with E-state index in [-0.39, 0.29) is 5.04 Å². The fourth-order valence-electron chi connectivity index (χ4n) is 1.66. The monoisotopic (exact) mass is 325 g/mol. The summed E-state index contributed by atoms with van der Waals surface area (Å²) in [4.78, 5) is 11.6. The molecule has 1 unspecified atom stereocenters. The van der Waals surface area contributed by atoms with Gasteiger partial charge in [-0.2, -0.15) is 0 Å². The standard InChI is InChI=1S/C16H27NO4Si/c1-16(2,3)22(6,7)21-13-10-11(8-9-12(13)19-4)14(17)15(18)20-5/h8-10,14H,17H2,1-7H3. The fourth-order valence-corrected chi connectivity index (χ4v) is 2.67. The Morgan fingerprint density at radius 1 is 1.18 bits per heavy atom. The molecule has 0 saturated carbocycles. The van der Waals surface area contributed by atoms with Gasteiger partial charge in [0.05, 0.1) is 14.2 Å². The van der Waals surface area contributed by atoms with Crippen molar-refractivity contribution >= 4 is 14.3 Å². The molecular weight excluding hydrogens is 298 g/mol. The van der Waals surface area contributed by atoms with Crippen molar-refractivity contribution < 1.29 is 18.7 Å². The van der Waals surface area contributed by atoms with E-state index in [1.807, 2.05) is 0 Å². The van der Waals surface area contributed by atoms with E-state index in [1.54, 1.807) is 25.3 Å². The highest BCUT2D eigenvalue weighted by atomic mass is 28.4. The Balaban J connectivity index is 3.20. The molecule has 1 aromatic carbocycles. The van der Waals surface area contributed by atoms with Gasteiger partial charge in [-0.15, -0.1) is 0 Å². The Kier molecular flexibility index (Phi) is 5.64. The average Bonchev–Trinajstić information content (AvgIpc) is 2.43. The summed E-state index contributed by atoms with van der Waals surface area (Å²) in [7, 11) is 0.886. The van der Waals surface area contributed by atoms with Crippen LogP contribution in [-0.4, -0.2) is 28.5 Å². The number of nitrogens with two attached hydrogens (primary N) is 1. The van der Waals surface area contributed by atoms with Crippen molar-refractivity contribution in [3.05, 3.63) is 23.8 Å². The minimum atomic E-state index is -2.02. The molecule has 0 aliphatic carbocycles. The minimum absolute atomic E-state index is 0.0540. The molecule has 0 aliphatic heterocycles. The molecule has 2 N–H and O–H groups in total. The van der Waals surface area contributed by atoms with E-state index in [2.05, 4.69) is 33.9 Å². The zero-order chi connectivity index (χ0) is 17.1. The summed E-state index contributed by atoms with van der Waals surface area (Å²) in [6.45, 7) is 10.8. The Bertz CT molecular complexity index is 537. The second-order valence-corrected chi connectivity index (χ2v) is 11.5. The maximum Gasteiger partial charge on any atom is 0.327 e. The highest BCUT2D eigenvalue weighted by Gasteiger charge is 2.39. The first-order chi connectivity index (χ1) is 10.0. The van der Waals surface area contributed by atoms with Crippen LogP contribution < -0.4 is 14.9 Å². The molecule has 1 rings (SSSR count). The van der Waals surface area contributed by atoms with Gasteiger partial charge in [-0.25, -0.2) is 0 Å². The van der Waals surface area contributed by atoms with Gasteiger partial charge in [0, 0.05) is 0 Å². The normalized spacial score (nSPS) is 13.5. The predicted octanol–water partition coefficient (Wildman–Crippen LogP) is 3.25. The number of carbonyl (C=O) groups is 1. The molecule has 1 atom stereocenters. The van der Waals surface area contributed by atoms with E-state index in [9.17, 15) is 4.79 Å². The smallest absolute Gasteiger partial charge is 0.327 e. The van der Waals surface area contributed by atoms with E-state index in [0.717, 1.165) is 0 Å². The molecule has 0 fully saturated rings. The van der Waals surface area contributed by atoms with Crippen LogP contribution in [0.1, 0.15) is 32.4 Å². The van der Waals surface area contributed by atoms with Gasteiger partial charge < -0.3 is 19.6 Å². The van der Waals surface area contributed by atoms with Gasteiger partial charge >= 0.3 is 5.97 Å². The van der Waals surface area contributed by atoms with Crippen molar-refractivity contribution in [2.75, 3.05) is 14.2 Å². The van der Waals surface area contributed by atoms with Gasteiger partial charge in [-0.1, -0.05) is 26.8 Å². The second-order valence-electron chi connectivity index (χ2n) is 6.77. The number of benzene rings is 1. The lowest BCUT2D eigenvalue weighted by molar-refractivity contribution is -0.142. The molecule has 6 heteroatoms. The maximum atomic E-state index is 11.6. The summed E-state index contributed by atoms with van der Waals surface area (Å²) in [6, 6.07) is 4.44. The van der Waals surface area contributed by atoms with Crippen LogP contribution in [-0.2, 0) is 9.53 Å². The van der Waals surface area contributed by atoms with Gasteiger partial charge in [0.2, 0.25) is 0 Å². The van der Waals surface area contributed by atoms with Crippen molar-refractivity contribution in [2.45, 2.75) is 44.9 Å². The second kappa shape index (κ2) is 6.70. The summed E-state index contributed by atoms with van der Waals surface area (Å²) >= 11 is 0. The number of hydrogen-bond donors (Lipinski definition) is 1. The van der Waals surface area contributed by atoms with Gasteiger partial charge in [-0.05, 0) is 35.8 Å². The fraction of sp³-hybridized carbons (Fsp3) is 0.562. The van der Waals surface area contributed by atoms with E-state index in [0.29, 0.717) is 17.1 Å². The van der Waals surface area contributed by atoms with E-state index in [4.69, 9.17) is 19.6 Å². The lowest BCUT2D eigenvalue weighted by Gasteiger charge is -2.37. The molecule has 0 aliphatic rings. The van der Waals surface area contributed by atoms with E-state index < -0.39 is 20.3 Å². The highest BCUT2D eigenvalue weighted by molar-refractivity contribution is 6.74. The van der Waals surface area contributed by atoms with Crippen LogP contribution in [0, 0.1) is 0 Å². The first kappa shape index (κ1) is 18.5. The van der Waals surface area contributed by atoms with Gasteiger partial charge in [0.15, 0.2) is 5.75 Å². The van der Waals surface area contributed by atoms with Crippen LogP contribution in [0.4, 0.5) is 0 Å². The van der Waals surface area contributed by atoms with Crippen LogP contribution in [0.5, 0.6) is 11.5 Å². The Morgan fingerprint density at radius 2 is 1.77 bits per heavy atom. The van der Waals surface area contributed by atoms with Crippen molar-refractivity contribution in [1.29, 1.82) is 0 Å². The number of hydrogen-bond acceptors (Lipinski definition) is 5. The van der Waals surface area contributed by atoms with Crippen LogP contribution >= 0.6 is 0 Å². The summed E-state index contributed by atoms with van der Waals surface area (Å²) in [6.07, 6.45) is 0. The molecule has 0 saturated heterocycles. The van der Waals surface area contributed by atoms with Gasteiger partial charge in [-0.3, -0.25) is 4.79 Å². The summed E-state index contributed by atoms with van der Waals surface area (Å²) in [5.41, 5.74) is 6.54. The van der Waals surface area contributed by atoms with Gasteiger partial charge in [0.1, 0.15) is 11.8 Å². The molecule has 0 amide bonds. The SMILES string of the molecule is COC(=O)C(N)c1ccc(OC)c(O[Si](C)(C)C(C)(C)C)c1. The van der Waals surface area contributed by atoms with Crippen LogP contribution in [0.2, 0.25) is 18.1 Å². The zero-order valence-electron chi connectivity index (χ0n) is 14.5. The molecule has 124 valence electrons. The lowest BCUT2D eigenvalue weighted by Crippen LogP contribution is -2.44. The van der Waals surface area contributed by atoms with Crippen LogP contribution in [0.3, 0.4) is 0 Å². The van der Waals surface area contributed by atoms with Crippen molar-refractivity contribution in [2.24, 2.45) is 5.73 Å². The van der Waals surface area contributed by atoms with E-state index in [1.165, 1.54) is 7.11 Å². The van der Waals surface area contributed by atoms with Crippen LogP contribution in [0.25, 0.3) is 0 Å². The number of methoxy groups -OCH3 is 2. The quantitative estimate of drug-likeness (QED) is 0.664. The zero-order valence-corrected chi connectivity index (χ0v) is 15.5. The highest BCUT2D eigenvalue weighted by Crippen LogP contribution is 2.40. The third kappa shape index (κ3) is 4.01. The lowest BCUT2D eigenvalue weighted by atomic mass is 10.1. The molecule has 0 heterocycles. The molecule has 0 radical (unpaired) electrons. The topological polar surface area (TPSA) is 70.8 Å². The molecule has 1 aromatic rings. The summed E-state index contributed by atoms with van der Waals surface area (Å²) in [5, 5.41) is 0.0540. The summed E-state index contributed by atoms with van der Waals surface area (Å²) < 4.78 is 16.4. The molecular formula is C16H27NO4Si. The van der Waals surface area contributed by atoms with Crippen molar-refractivity contribution in [3.63, 3.8) is 0 Å². The van der Waals surface area contributed by atoms with Crippen molar-refractivity contribution in [1.82, 2.24) is 0 Å². The molecule has 5 nitrogen and oxygen atoms in total. The predicted molar refractivity (Wildman–Crippen MR) is 89.8 cm³/mol. The number of rotatable bonds is 5. The number of esters is 1. The Morgan fingerprint density at radius 3 is 2.23 bits per heavy atom. The van der Waals surface area contributed by atoms with Crippen molar-refractivity contribution in [3.8, 4) is 11.5 Å². The summed E-state index contributed by atoms with van der Waals surface area (Å²) in [5.74, 6) is 0.764. The first-order valence-corrected chi connectivity index (χ1v) is 10.1. The number of ether oxygens (including phenoxy) is 2. The third-order valence-electron chi connectivity index (χ3n) is 4.17.